The van der Waals surface area contributed by atoms with Crippen molar-refractivity contribution in [3.8, 4) is 17.0 Å². The lowest BCUT2D eigenvalue weighted by atomic mass is 9.88. The smallest absolute Gasteiger partial charge is 0.416 e. The maximum Gasteiger partial charge on any atom is 0.416 e. The van der Waals surface area contributed by atoms with E-state index in [1.807, 2.05) is 32.0 Å². The molecule has 1 aromatic heterocycles. The number of nitrogens with zero attached hydrogens (tertiary/aromatic N) is 4. The third-order valence-electron chi connectivity index (χ3n) is 9.34. The molecule has 5 rings (SSSR count). The van der Waals surface area contributed by atoms with E-state index < -0.39 is 27.9 Å². The third-order valence-corrected chi connectivity index (χ3v) is 10.6. The second kappa shape index (κ2) is 15.2. The molecule has 1 saturated heterocycles. The first-order valence-electron chi connectivity index (χ1n) is 16.7. The van der Waals surface area contributed by atoms with Gasteiger partial charge in [-0.15, -0.1) is 0 Å². The van der Waals surface area contributed by atoms with Gasteiger partial charge in [0.15, 0.2) is 0 Å². The maximum absolute atomic E-state index is 14.0. The minimum absolute atomic E-state index is 0.0114. The molecule has 1 amide bonds. The molecule has 0 bridgehead atoms. The van der Waals surface area contributed by atoms with Crippen LogP contribution in [0.3, 0.4) is 0 Å². The molecule has 10 nitrogen and oxygen atoms in total. The third kappa shape index (κ3) is 9.02. The van der Waals surface area contributed by atoms with Gasteiger partial charge < -0.3 is 20.1 Å². The lowest BCUT2D eigenvalue weighted by molar-refractivity contribution is -0.138. The van der Waals surface area contributed by atoms with Crippen LogP contribution >= 0.6 is 0 Å². The first kappa shape index (κ1) is 36.8. The van der Waals surface area contributed by atoms with Gasteiger partial charge in [0, 0.05) is 55.8 Å². The number of ether oxygens (including phenoxy) is 1. The number of likely N-dealkylation sites (tertiary alicyclic amines) is 1. The highest BCUT2D eigenvalue weighted by atomic mass is 32.2. The van der Waals surface area contributed by atoms with E-state index in [1.54, 1.807) is 11.8 Å². The fraction of sp³-hybridized carbons (Fsp3) is 0.543. The summed E-state index contributed by atoms with van der Waals surface area (Å²) in [6.07, 6.45) is -1.94. The van der Waals surface area contributed by atoms with Gasteiger partial charge in [-0.05, 0) is 67.1 Å². The maximum atomic E-state index is 14.0. The monoisotopic (exact) mass is 705 g/mol. The van der Waals surface area contributed by atoms with E-state index in [0.29, 0.717) is 35.7 Å². The fourth-order valence-electron chi connectivity index (χ4n) is 6.92. The summed E-state index contributed by atoms with van der Waals surface area (Å²) in [5.74, 6) is 0.935. The van der Waals surface area contributed by atoms with Gasteiger partial charge in [0.05, 0.1) is 37.3 Å². The molecule has 1 atom stereocenters. The van der Waals surface area contributed by atoms with Crippen molar-refractivity contribution in [2.45, 2.75) is 77.4 Å². The zero-order valence-electron chi connectivity index (χ0n) is 28.5. The summed E-state index contributed by atoms with van der Waals surface area (Å²) in [5, 5.41) is 18.6. The Hall–Kier alpha value is -3.46. The summed E-state index contributed by atoms with van der Waals surface area (Å²) in [6.45, 7) is 5.78. The fourth-order valence-corrected chi connectivity index (χ4v) is 7.70. The molecule has 2 aliphatic heterocycles. The molecule has 1 unspecified atom stereocenters. The number of fused-ring (bicyclic) bond motifs is 1. The Morgan fingerprint density at radius 1 is 1.10 bits per heavy atom. The van der Waals surface area contributed by atoms with Gasteiger partial charge in [0.2, 0.25) is 15.9 Å². The number of rotatable bonds is 12. The molecule has 1 fully saturated rings. The van der Waals surface area contributed by atoms with Crippen LogP contribution in [0.25, 0.3) is 11.3 Å². The number of halogens is 3. The van der Waals surface area contributed by atoms with Crippen molar-refractivity contribution < 1.29 is 36.2 Å². The molecule has 2 aliphatic rings. The molecular formula is C35H46F3N5O5S. The molecule has 14 heteroatoms. The standard InChI is InChI=1S/C35H46F3N5O5S/c1-23(2)17-33(45)39-19-26-18-25(9-10-30(26)35(36,37)38)34-29-22-42(49(4,46)47)16-13-31(29)43(40-34)21-27(44)20-41-14-11-24(12-15-41)28-7-5-6-8-32(28)48-3/h5-10,18,23-24,27,44H,11-17,19-22H2,1-4H3,(H,39,45). The highest BCUT2D eigenvalue weighted by Gasteiger charge is 2.35. The number of β-amino-alcohol motifs (C(OH)–C–C–N with tert-alkyl or cyclic N) is 1. The van der Waals surface area contributed by atoms with Crippen molar-refractivity contribution in [3.63, 3.8) is 0 Å². The Balaban J connectivity index is 1.37. The van der Waals surface area contributed by atoms with Crippen molar-refractivity contribution in [2.24, 2.45) is 5.92 Å². The Morgan fingerprint density at radius 3 is 2.47 bits per heavy atom. The number of hydrogen-bond acceptors (Lipinski definition) is 7. The van der Waals surface area contributed by atoms with Gasteiger partial charge >= 0.3 is 6.18 Å². The van der Waals surface area contributed by atoms with Crippen LogP contribution in [0.1, 0.15) is 67.0 Å². The number of methoxy groups -OCH3 is 1. The van der Waals surface area contributed by atoms with Gasteiger partial charge in [-0.25, -0.2) is 8.42 Å². The molecule has 0 radical (unpaired) electrons. The van der Waals surface area contributed by atoms with Crippen molar-refractivity contribution in [1.29, 1.82) is 0 Å². The number of carbonyl (C=O) groups excluding carboxylic acids is 1. The number of aromatic nitrogens is 2. The van der Waals surface area contributed by atoms with Crippen LogP contribution in [0.15, 0.2) is 42.5 Å². The Kier molecular flexibility index (Phi) is 11.4. The molecule has 2 aromatic carbocycles. The Morgan fingerprint density at radius 2 is 1.82 bits per heavy atom. The number of carbonyl (C=O) groups is 1. The first-order chi connectivity index (χ1) is 23.1. The van der Waals surface area contributed by atoms with E-state index in [0.717, 1.165) is 49.7 Å². The van der Waals surface area contributed by atoms with E-state index in [1.165, 1.54) is 22.0 Å². The summed E-state index contributed by atoms with van der Waals surface area (Å²) in [4.78, 5) is 14.5. The van der Waals surface area contributed by atoms with E-state index in [9.17, 15) is 31.5 Å². The molecule has 0 saturated carbocycles. The SMILES string of the molecule is COc1ccccc1C1CCN(CC(O)Cn2nc(-c3ccc(C(F)(F)F)c(CNC(=O)CC(C)C)c3)c3c2CCN(S(C)(=O)=O)C3)CC1. The number of benzene rings is 2. The summed E-state index contributed by atoms with van der Waals surface area (Å²) in [5.41, 5.74) is 2.28. The second-order valence-electron chi connectivity index (χ2n) is 13.5. The van der Waals surface area contributed by atoms with Crippen molar-refractivity contribution in [3.05, 3.63) is 70.4 Å². The van der Waals surface area contributed by atoms with Crippen molar-refractivity contribution in [1.82, 2.24) is 24.3 Å². The number of alkyl halides is 3. The second-order valence-corrected chi connectivity index (χ2v) is 15.5. The largest absolute Gasteiger partial charge is 0.496 e. The molecule has 3 heterocycles. The first-order valence-corrected chi connectivity index (χ1v) is 18.5. The molecule has 268 valence electrons. The summed E-state index contributed by atoms with van der Waals surface area (Å²) in [7, 11) is -1.88. The van der Waals surface area contributed by atoms with Crippen LogP contribution in [0.5, 0.6) is 5.75 Å². The van der Waals surface area contributed by atoms with Gasteiger partial charge in [-0.3, -0.25) is 9.48 Å². The zero-order chi connectivity index (χ0) is 35.5. The van der Waals surface area contributed by atoms with Crippen molar-refractivity contribution in [2.75, 3.05) is 39.5 Å². The van der Waals surface area contributed by atoms with Gasteiger partial charge in [0.1, 0.15) is 5.75 Å². The van der Waals surface area contributed by atoms with Gasteiger partial charge in [-0.2, -0.15) is 22.6 Å². The number of para-hydroxylation sites is 1. The normalized spacial score (nSPS) is 17.2. The molecule has 3 aromatic rings. The summed E-state index contributed by atoms with van der Waals surface area (Å²) < 4.78 is 75.6. The highest BCUT2D eigenvalue weighted by Crippen LogP contribution is 2.37. The predicted octanol–water partition coefficient (Wildman–Crippen LogP) is 4.80. The molecule has 49 heavy (non-hydrogen) atoms. The van der Waals surface area contributed by atoms with E-state index in [2.05, 4.69) is 16.3 Å². The van der Waals surface area contributed by atoms with E-state index in [-0.39, 0.29) is 50.0 Å². The Bertz CT molecular complexity index is 1740. The van der Waals surface area contributed by atoms with Crippen molar-refractivity contribution >= 4 is 15.9 Å². The number of sulfonamides is 1. The number of nitrogens with one attached hydrogen (secondary N) is 1. The zero-order valence-corrected chi connectivity index (χ0v) is 29.3. The van der Waals surface area contributed by atoms with Crippen LogP contribution in [0, 0.1) is 5.92 Å². The molecule has 2 N–H and O–H groups in total. The average Bonchev–Trinajstić information content (AvgIpc) is 3.40. The molecule has 0 spiro atoms. The van der Waals surface area contributed by atoms with E-state index in [4.69, 9.17) is 9.84 Å². The number of hydrogen-bond donors (Lipinski definition) is 2. The average molecular weight is 706 g/mol. The lowest BCUT2D eigenvalue weighted by Crippen LogP contribution is -2.40. The van der Waals surface area contributed by atoms with Crippen LogP contribution in [0.2, 0.25) is 0 Å². The van der Waals surface area contributed by atoms with Crippen LogP contribution in [-0.2, 0) is 47.0 Å². The lowest BCUT2D eigenvalue weighted by Gasteiger charge is -2.34. The summed E-state index contributed by atoms with van der Waals surface area (Å²) >= 11 is 0. The van der Waals surface area contributed by atoms with Gasteiger partial charge in [0.25, 0.3) is 0 Å². The number of aliphatic hydroxyl groups excluding tert-OH is 1. The Labute approximate surface area is 286 Å². The number of aliphatic hydroxyl groups is 1. The quantitative estimate of drug-likeness (QED) is 0.278. The molecule has 0 aliphatic carbocycles. The van der Waals surface area contributed by atoms with Crippen LogP contribution in [0.4, 0.5) is 13.2 Å². The minimum Gasteiger partial charge on any atom is -0.496 e. The summed E-state index contributed by atoms with van der Waals surface area (Å²) in [6, 6.07) is 11.7. The predicted molar refractivity (Wildman–Crippen MR) is 180 cm³/mol. The van der Waals surface area contributed by atoms with Crippen LogP contribution in [-0.4, -0.2) is 84.1 Å². The number of piperidine rings is 1. The number of amides is 1. The van der Waals surface area contributed by atoms with Crippen LogP contribution < -0.4 is 10.1 Å². The topological polar surface area (TPSA) is 117 Å². The molecular weight excluding hydrogens is 659 g/mol. The minimum atomic E-state index is -4.64. The van der Waals surface area contributed by atoms with Gasteiger partial charge in [-0.1, -0.05) is 38.1 Å². The van der Waals surface area contributed by atoms with E-state index >= 15 is 0 Å². The highest BCUT2D eigenvalue weighted by molar-refractivity contribution is 7.88.